The molecule has 0 radical (unpaired) electrons. The van der Waals surface area contributed by atoms with Crippen molar-refractivity contribution in [2.45, 2.75) is 46.9 Å². The van der Waals surface area contributed by atoms with Gasteiger partial charge in [0.25, 0.3) is 0 Å². The van der Waals surface area contributed by atoms with Gasteiger partial charge in [-0.05, 0) is 55.0 Å². The highest BCUT2D eigenvalue weighted by molar-refractivity contribution is 7.09. The molecule has 1 heterocycles. The van der Waals surface area contributed by atoms with Crippen molar-refractivity contribution < 1.29 is 0 Å². The maximum Gasteiger partial charge on any atom is 0.154 e. The predicted octanol–water partition coefficient (Wildman–Crippen LogP) is 4.03. The monoisotopic (exact) mass is 385 g/mol. The molecule has 2 aromatic carbocycles. The van der Waals surface area contributed by atoms with Crippen LogP contribution < -0.4 is 10.9 Å². The molecule has 1 nitrogen and oxygen atoms in total. The van der Waals surface area contributed by atoms with E-state index in [0.29, 0.717) is 5.92 Å². The predicted molar refractivity (Wildman–Crippen MR) is 131 cm³/mol. The number of rotatable bonds is 6. The molecule has 0 saturated heterocycles. The number of aryl methyl sites for hydroxylation is 2. The lowest BCUT2D eigenvalue weighted by Crippen LogP contribution is -2.11. The smallest absolute Gasteiger partial charge is 0.154 e. The Kier molecular flexibility index (Phi) is 6.61. The van der Waals surface area contributed by atoms with Gasteiger partial charge in [-0.2, -0.15) is 0 Å². The molecule has 28 heavy (non-hydrogen) atoms. The summed E-state index contributed by atoms with van der Waals surface area (Å²) in [6, 6.07) is 13.7. The normalized spacial score (nSPS) is 12.8. The van der Waals surface area contributed by atoms with Gasteiger partial charge in [-0.1, -0.05) is 67.1 Å². The lowest BCUT2D eigenvalue weighted by atomic mass is 9.72. The van der Waals surface area contributed by atoms with Gasteiger partial charge in [-0.3, -0.25) is 0 Å². The number of aromatic nitrogens is 1. The molecule has 0 saturated carbocycles. The van der Waals surface area contributed by atoms with Gasteiger partial charge in [0.1, 0.15) is 7.85 Å². The second kappa shape index (κ2) is 8.96. The van der Waals surface area contributed by atoms with Gasteiger partial charge in [0.05, 0.1) is 5.01 Å². The van der Waals surface area contributed by atoms with Crippen LogP contribution in [0.15, 0.2) is 41.8 Å². The number of hydrogen-bond acceptors (Lipinski definition) is 2. The van der Waals surface area contributed by atoms with Gasteiger partial charge in [0, 0.05) is 17.0 Å². The van der Waals surface area contributed by atoms with Gasteiger partial charge < -0.3 is 0 Å². The molecule has 1 aromatic heterocycles. The highest BCUT2D eigenvalue weighted by Gasteiger charge is 2.14. The first kappa shape index (κ1) is 20.7. The van der Waals surface area contributed by atoms with Crippen LogP contribution in [0.5, 0.6) is 0 Å². The van der Waals surface area contributed by atoms with E-state index in [9.17, 15) is 0 Å². The molecule has 3 aromatic rings. The van der Waals surface area contributed by atoms with Gasteiger partial charge >= 0.3 is 0 Å². The van der Waals surface area contributed by atoms with Crippen LogP contribution in [0.3, 0.4) is 0 Å². The Morgan fingerprint density at radius 3 is 2.68 bits per heavy atom. The molecule has 0 bridgehead atoms. The molecule has 4 heteroatoms. The highest BCUT2D eigenvalue weighted by Crippen LogP contribution is 2.28. The summed E-state index contributed by atoms with van der Waals surface area (Å²) < 4.78 is 0. The van der Waals surface area contributed by atoms with Crippen molar-refractivity contribution in [1.29, 1.82) is 0 Å². The average molecular weight is 385 g/mol. The summed E-state index contributed by atoms with van der Waals surface area (Å²) in [5.74, 6) is 0.428. The van der Waals surface area contributed by atoms with E-state index in [2.05, 4.69) is 90.2 Å². The number of benzene rings is 2. The van der Waals surface area contributed by atoms with E-state index in [4.69, 9.17) is 4.98 Å². The summed E-state index contributed by atoms with van der Waals surface area (Å²) in [5.41, 5.74) is 10.6. The van der Waals surface area contributed by atoms with Crippen LogP contribution >= 0.6 is 11.3 Å². The summed E-state index contributed by atoms with van der Waals surface area (Å²) >= 11 is 1.78. The standard InChI is InChI=1S/C24H29B2NS/c1-15-6-8-22(26-5)13-19(15)10-16(2)23-9-7-21(25)12-20(23)11-17(3)24-27-18(4)14-28-24/h6-10,12-14,17,26H,11,25H2,1-5H3/b16-10+/t17-/m0/s1. The molecule has 0 aliphatic carbocycles. The van der Waals surface area contributed by atoms with Gasteiger partial charge in [-0.15, -0.1) is 11.3 Å². The minimum Gasteiger partial charge on any atom is -0.246 e. The molecule has 0 spiro atoms. The minimum atomic E-state index is 0.428. The van der Waals surface area contributed by atoms with E-state index < -0.39 is 0 Å². The first-order chi connectivity index (χ1) is 13.4. The molecule has 0 unspecified atom stereocenters. The van der Waals surface area contributed by atoms with E-state index in [0.717, 1.165) is 19.4 Å². The van der Waals surface area contributed by atoms with E-state index in [1.54, 1.807) is 11.3 Å². The maximum absolute atomic E-state index is 4.71. The Morgan fingerprint density at radius 2 is 2.00 bits per heavy atom. The number of hydrogen-bond donors (Lipinski definition) is 0. The second-order valence-electron chi connectivity index (χ2n) is 7.96. The van der Waals surface area contributed by atoms with Crippen molar-refractivity contribution in [1.82, 2.24) is 4.98 Å². The van der Waals surface area contributed by atoms with Crippen molar-refractivity contribution in [2.75, 3.05) is 0 Å². The Balaban J connectivity index is 1.95. The zero-order chi connectivity index (χ0) is 20.3. The van der Waals surface area contributed by atoms with Crippen molar-refractivity contribution >= 4 is 49.0 Å². The molecule has 0 amide bonds. The summed E-state index contributed by atoms with van der Waals surface area (Å²) in [4.78, 5) is 4.71. The average Bonchev–Trinajstić information content (AvgIpc) is 3.10. The van der Waals surface area contributed by atoms with Crippen molar-refractivity contribution in [2.24, 2.45) is 0 Å². The van der Waals surface area contributed by atoms with Crippen molar-refractivity contribution in [3.63, 3.8) is 0 Å². The summed E-state index contributed by atoms with van der Waals surface area (Å²) in [6.45, 7) is 11.0. The number of allylic oxidation sites excluding steroid dienone is 1. The van der Waals surface area contributed by atoms with E-state index in [-0.39, 0.29) is 0 Å². The van der Waals surface area contributed by atoms with Crippen molar-refractivity contribution in [3.8, 4) is 0 Å². The van der Waals surface area contributed by atoms with Crippen LogP contribution in [0.4, 0.5) is 0 Å². The highest BCUT2D eigenvalue weighted by atomic mass is 32.1. The third-order valence-electron chi connectivity index (χ3n) is 5.39. The molecule has 0 fully saturated rings. The van der Waals surface area contributed by atoms with Gasteiger partial charge in [0.15, 0.2) is 7.28 Å². The van der Waals surface area contributed by atoms with Crippen molar-refractivity contribution in [3.05, 3.63) is 74.7 Å². The zero-order valence-corrected chi connectivity index (χ0v) is 18.8. The molecule has 0 N–H and O–H groups in total. The molecule has 142 valence electrons. The Labute approximate surface area is 175 Å². The summed E-state index contributed by atoms with van der Waals surface area (Å²) in [7, 11) is 3.25. The quantitative estimate of drug-likeness (QED) is 0.461. The Bertz CT molecular complexity index is 1000. The third kappa shape index (κ3) is 4.85. The molecular formula is C24H29B2NS. The third-order valence-corrected chi connectivity index (χ3v) is 6.59. The molecular weight excluding hydrogens is 356 g/mol. The fourth-order valence-corrected chi connectivity index (χ4v) is 4.52. The fourth-order valence-electron chi connectivity index (χ4n) is 3.67. The number of nitrogens with zero attached hydrogens (tertiary/aromatic N) is 1. The largest absolute Gasteiger partial charge is 0.246 e. The topological polar surface area (TPSA) is 12.9 Å². The van der Waals surface area contributed by atoms with Gasteiger partial charge in [0.2, 0.25) is 0 Å². The first-order valence-corrected chi connectivity index (χ1v) is 11.0. The molecule has 3 rings (SSSR count). The van der Waals surface area contributed by atoms with Crippen LogP contribution in [0, 0.1) is 13.8 Å². The van der Waals surface area contributed by atoms with E-state index >= 15 is 0 Å². The summed E-state index contributed by atoms with van der Waals surface area (Å²) in [5, 5.41) is 3.38. The lowest BCUT2D eigenvalue weighted by Gasteiger charge is -2.15. The van der Waals surface area contributed by atoms with E-state index in [1.807, 2.05) is 0 Å². The Morgan fingerprint density at radius 1 is 1.21 bits per heavy atom. The van der Waals surface area contributed by atoms with Crippen LogP contribution in [0.1, 0.15) is 52.7 Å². The van der Waals surface area contributed by atoms with Crippen LogP contribution in [0.25, 0.3) is 11.6 Å². The molecule has 1 atom stereocenters. The molecule has 0 aliphatic rings. The zero-order valence-electron chi connectivity index (χ0n) is 18.0. The SMILES string of the molecule is Bc1ccc(/C(C)=C/c2cc(BC)ccc2C)c(C[C@H](C)c2nc(C)cs2)c1. The fraction of sp³-hybridized carbons (Fsp3) is 0.292. The number of thiazole rings is 1. The summed E-state index contributed by atoms with van der Waals surface area (Å²) in [6.07, 6.45) is 3.37. The Hall–Kier alpha value is -2.06. The van der Waals surface area contributed by atoms with Gasteiger partial charge in [-0.25, -0.2) is 4.98 Å². The second-order valence-corrected chi connectivity index (χ2v) is 8.85. The minimum absolute atomic E-state index is 0.428. The molecule has 0 aliphatic heterocycles. The van der Waals surface area contributed by atoms with Crippen LogP contribution in [0.2, 0.25) is 6.82 Å². The van der Waals surface area contributed by atoms with Crippen LogP contribution in [-0.4, -0.2) is 20.1 Å². The van der Waals surface area contributed by atoms with Crippen LogP contribution in [-0.2, 0) is 6.42 Å². The first-order valence-electron chi connectivity index (χ1n) is 10.2. The van der Waals surface area contributed by atoms with E-state index in [1.165, 1.54) is 43.8 Å². The lowest BCUT2D eigenvalue weighted by molar-refractivity contribution is 0.747. The maximum atomic E-state index is 4.71.